The van der Waals surface area contributed by atoms with Crippen molar-refractivity contribution in [2.75, 3.05) is 13.2 Å². The number of aromatic nitrogens is 2. The molecule has 0 saturated carbocycles. The fourth-order valence-corrected chi connectivity index (χ4v) is 3.71. The summed E-state index contributed by atoms with van der Waals surface area (Å²) in [6.07, 6.45) is 3.57. The minimum atomic E-state index is -0.535. The third kappa shape index (κ3) is 4.52. The molecule has 3 N–H and O–H groups in total. The summed E-state index contributed by atoms with van der Waals surface area (Å²) in [7, 11) is 0. The van der Waals surface area contributed by atoms with Gasteiger partial charge in [-0.15, -0.1) is 0 Å². The molecule has 30 heavy (non-hydrogen) atoms. The molecule has 0 unspecified atom stereocenters. The van der Waals surface area contributed by atoms with Gasteiger partial charge in [0, 0.05) is 22.8 Å². The van der Waals surface area contributed by atoms with Crippen LogP contribution in [-0.2, 0) is 13.1 Å². The fraction of sp³-hybridized carbons (Fsp3) is 0.273. The Balaban J connectivity index is 1.97. The number of carbonyl (C=O) groups excluding carboxylic acids is 1. The highest BCUT2D eigenvalue weighted by molar-refractivity contribution is 6.31. The number of nitrogens with two attached hydrogens (primary N) is 1. The number of halogens is 1. The summed E-state index contributed by atoms with van der Waals surface area (Å²) in [5.74, 6) is 0.814. The van der Waals surface area contributed by atoms with E-state index in [1.807, 2.05) is 30.7 Å². The summed E-state index contributed by atoms with van der Waals surface area (Å²) in [5.41, 5.74) is 9.01. The van der Waals surface area contributed by atoms with Gasteiger partial charge in [0.15, 0.2) is 0 Å². The van der Waals surface area contributed by atoms with Gasteiger partial charge in [0.2, 0.25) is 0 Å². The second kappa shape index (κ2) is 9.09. The van der Waals surface area contributed by atoms with E-state index in [9.17, 15) is 4.79 Å². The van der Waals surface area contributed by atoms with Gasteiger partial charge in [0.25, 0.3) is 5.91 Å². The SMILES string of the molecule is C=C/C=C(\C)NC(=C)N1CCn2nc(-c3cc(Cl)cc(OCC)c3)c(C(N)=O)c2C1. The summed E-state index contributed by atoms with van der Waals surface area (Å²) < 4.78 is 7.41. The zero-order valence-corrected chi connectivity index (χ0v) is 18.0. The fourth-order valence-electron chi connectivity index (χ4n) is 3.48. The van der Waals surface area contributed by atoms with E-state index in [-0.39, 0.29) is 0 Å². The number of amides is 1. The Labute approximate surface area is 181 Å². The van der Waals surface area contributed by atoms with Gasteiger partial charge in [0.05, 0.1) is 36.8 Å². The number of rotatable bonds is 8. The van der Waals surface area contributed by atoms with E-state index in [1.54, 1.807) is 18.2 Å². The number of primary amides is 1. The van der Waals surface area contributed by atoms with Gasteiger partial charge in [-0.05, 0) is 38.1 Å². The van der Waals surface area contributed by atoms with Gasteiger partial charge in [-0.2, -0.15) is 5.10 Å². The van der Waals surface area contributed by atoms with Crippen LogP contribution in [0.2, 0.25) is 5.02 Å². The molecular formula is C22H26ClN5O2. The predicted octanol–water partition coefficient (Wildman–Crippen LogP) is 3.67. The maximum atomic E-state index is 12.4. The number of carbonyl (C=O) groups is 1. The smallest absolute Gasteiger partial charge is 0.252 e. The molecule has 7 nitrogen and oxygen atoms in total. The maximum absolute atomic E-state index is 12.4. The first-order valence-electron chi connectivity index (χ1n) is 9.67. The molecule has 158 valence electrons. The molecular weight excluding hydrogens is 402 g/mol. The number of allylic oxidation sites excluding steroid dienone is 3. The molecule has 8 heteroatoms. The highest BCUT2D eigenvalue weighted by Crippen LogP contribution is 2.33. The second-order valence-corrected chi connectivity index (χ2v) is 7.38. The number of fused-ring (bicyclic) bond motifs is 1. The van der Waals surface area contributed by atoms with Crippen LogP contribution < -0.4 is 15.8 Å². The zero-order chi connectivity index (χ0) is 21.8. The molecule has 1 aromatic carbocycles. The Hall–Kier alpha value is -3.19. The second-order valence-electron chi connectivity index (χ2n) is 6.94. The minimum Gasteiger partial charge on any atom is -0.494 e. The third-order valence-electron chi connectivity index (χ3n) is 4.77. The van der Waals surface area contributed by atoms with Gasteiger partial charge in [-0.1, -0.05) is 30.8 Å². The first-order valence-corrected chi connectivity index (χ1v) is 10.0. The topological polar surface area (TPSA) is 85.4 Å². The van der Waals surface area contributed by atoms with Crippen LogP contribution in [0.3, 0.4) is 0 Å². The van der Waals surface area contributed by atoms with Crippen LogP contribution in [0.25, 0.3) is 11.3 Å². The summed E-state index contributed by atoms with van der Waals surface area (Å²) >= 11 is 6.26. The lowest BCUT2D eigenvalue weighted by Crippen LogP contribution is -2.38. The normalized spacial score (nSPS) is 13.6. The lowest BCUT2D eigenvalue weighted by Gasteiger charge is -2.31. The Morgan fingerprint density at radius 1 is 1.40 bits per heavy atom. The van der Waals surface area contributed by atoms with Crippen molar-refractivity contribution < 1.29 is 9.53 Å². The predicted molar refractivity (Wildman–Crippen MR) is 119 cm³/mol. The first kappa shape index (κ1) is 21.5. The monoisotopic (exact) mass is 427 g/mol. The van der Waals surface area contributed by atoms with Gasteiger partial charge in [-0.25, -0.2) is 0 Å². The Bertz CT molecular complexity index is 1020. The Morgan fingerprint density at radius 2 is 2.17 bits per heavy atom. The Kier molecular flexibility index (Phi) is 6.52. The molecule has 1 aliphatic rings. The number of nitrogens with zero attached hydrogens (tertiary/aromatic N) is 3. The lowest BCUT2D eigenvalue weighted by atomic mass is 10.0. The van der Waals surface area contributed by atoms with Crippen molar-refractivity contribution in [1.29, 1.82) is 0 Å². The van der Waals surface area contributed by atoms with Crippen LogP contribution >= 0.6 is 11.6 Å². The number of ether oxygens (including phenoxy) is 1. The molecule has 0 spiro atoms. The van der Waals surface area contributed by atoms with E-state index in [0.717, 1.165) is 17.2 Å². The molecule has 2 heterocycles. The van der Waals surface area contributed by atoms with Crippen molar-refractivity contribution in [2.24, 2.45) is 5.73 Å². The molecule has 3 rings (SSSR count). The number of nitrogens with one attached hydrogen (secondary N) is 1. The standard InChI is InChI=1S/C22H26ClN5O2/c1-5-7-14(3)25-15(4)27-8-9-28-19(13-27)20(22(24)29)21(26-28)16-10-17(23)12-18(11-16)30-6-2/h5,7,10-12,25H,1,4,6,8-9,13H2,2-3H3,(H2,24,29)/b14-7+. The number of hydrogen-bond acceptors (Lipinski definition) is 5. The van der Waals surface area contributed by atoms with Crippen molar-refractivity contribution in [3.63, 3.8) is 0 Å². The average Bonchev–Trinajstić information content (AvgIpc) is 3.07. The lowest BCUT2D eigenvalue weighted by molar-refractivity contribution is 0.0998. The molecule has 0 radical (unpaired) electrons. The number of benzene rings is 1. The third-order valence-corrected chi connectivity index (χ3v) is 4.99. The van der Waals surface area contributed by atoms with Crippen molar-refractivity contribution in [1.82, 2.24) is 20.0 Å². The van der Waals surface area contributed by atoms with Crippen LogP contribution in [-0.4, -0.2) is 33.7 Å². The minimum absolute atomic E-state index is 0.385. The van der Waals surface area contributed by atoms with Gasteiger partial charge < -0.3 is 20.7 Å². The largest absolute Gasteiger partial charge is 0.494 e. The zero-order valence-electron chi connectivity index (χ0n) is 17.2. The van der Waals surface area contributed by atoms with Crippen molar-refractivity contribution in [3.05, 3.63) is 71.3 Å². The maximum Gasteiger partial charge on any atom is 0.252 e. The van der Waals surface area contributed by atoms with Crippen LogP contribution in [0.1, 0.15) is 29.9 Å². The summed E-state index contributed by atoms with van der Waals surface area (Å²) in [6, 6.07) is 5.30. The molecule has 0 aliphatic carbocycles. The molecule has 1 aromatic heterocycles. The molecule has 1 amide bonds. The van der Waals surface area contributed by atoms with Crippen LogP contribution in [0.15, 0.2) is 55.0 Å². The van der Waals surface area contributed by atoms with E-state index in [4.69, 9.17) is 22.1 Å². The van der Waals surface area contributed by atoms with Gasteiger partial charge >= 0.3 is 0 Å². The van der Waals surface area contributed by atoms with E-state index in [2.05, 4.69) is 28.5 Å². The highest BCUT2D eigenvalue weighted by atomic mass is 35.5. The van der Waals surface area contributed by atoms with Crippen LogP contribution in [0.5, 0.6) is 5.75 Å². The first-order chi connectivity index (χ1) is 14.3. The molecule has 0 atom stereocenters. The highest BCUT2D eigenvalue weighted by Gasteiger charge is 2.28. The molecule has 1 aliphatic heterocycles. The van der Waals surface area contributed by atoms with E-state index in [1.165, 1.54) is 0 Å². The van der Waals surface area contributed by atoms with Crippen molar-refractivity contribution >= 4 is 17.5 Å². The summed E-state index contributed by atoms with van der Waals surface area (Å²) in [5, 5.41) is 8.41. The van der Waals surface area contributed by atoms with E-state index in [0.29, 0.717) is 53.8 Å². The van der Waals surface area contributed by atoms with Crippen molar-refractivity contribution in [3.8, 4) is 17.0 Å². The molecule has 0 fully saturated rings. The van der Waals surface area contributed by atoms with Crippen molar-refractivity contribution in [2.45, 2.75) is 26.9 Å². The summed E-state index contributed by atoms with van der Waals surface area (Å²) in [6.45, 7) is 13.9. The van der Waals surface area contributed by atoms with Crippen LogP contribution in [0, 0.1) is 0 Å². The van der Waals surface area contributed by atoms with E-state index < -0.39 is 5.91 Å². The molecule has 0 bridgehead atoms. The van der Waals surface area contributed by atoms with E-state index >= 15 is 0 Å². The molecule has 0 saturated heterocycles. The summed E-state index contributed by atoms with van der Waals surface area (Å²) in [4.78, 5) is 14.4. The van der Waals surface area contributed by atoms with Crippen LogP contribution in [0.4, 0.5) is 0 Å². The van der Waals surface area contributed by atoms with Gasteiger partial charge in [-0.3, -0.25) is 9.48 Å². The van der Waals surface area contributed by atoms with Gasteiger partial charge in [0.1, 0.15) is 11.4 Å². The quantitative estimate of drug-likeness (QED) is 0.628. The average molecular weight is 428 g/mol. The number of hydrogen-bond donors (Lipinski definition) is 2. The Morgan fingerprint density at radius 3 is 2.83 bits per heavy atom. The molecule has 2 aromatic rings.